The number of carbonyl (C=O) groups excluding carboxylic acids is 1. The van der Waals surface area contributed by atoms with Gasteiger partial charge in [0.05, 0.1) is 12.0 Å². The number of carboxylic acid groups (broad SMARTS) is 1. The van der Waals surface area contributed by atoms with Gasteiger partial charge in [0.1, 0.15) is 5.69 Å². The minimum absolute atomic E-state index is 0.150. The van der Waals surface area contributed by atoms with Crippen molar-refractivity contribution >= 4 is 11.9 Å². The molecular formula is C15H21N3O3. The molecule has 0 bridgehead atoms. The molecule has 0 aromatic carbocycles. The number of rotatable bonds is 3. The highest BCUT2D eigenvalue weighted by molar-refractivity contribution is 5.93. The van der Waals surface area contributed by atoms with E-state index in [0.717, 1.165) is 12.8 Å². The first-order valence-electron chi connectivity index (χ1n) is 7.67. The van der Waals surface area contributed by atoms with Crippen molar-refractivity contribution in [1.82, 2.24) is 14.7 Å². The van der Waals surface area contributed by atoms with E-state index in [1.807, 2.05) is 10.9 Å². The van der Waals surface area contributed by atoms with Crippen molar-refractivity contribution in [2.45, 2.75) is 51.1 Å². The highest BCUT2D eigenvalue weighted by Crippen LogP contribution is 2.29. The average molecular weight is 291 g/mol. The molecule has 3 rings (SSSR count). The predicted molar refractivity (Wildman–Crippen MR) is 76.0 cm³/mol. The summed E-state index contributed by atoms with van der Waals surface area (Å²) in [6.45, 7) is 2.30. The van der Waals surface area contributed by atoms with E-state index in [1.165, 1.54) is 12.8 Å². The van der Waals surface area contributed by atoms with E-state index in [-0.39, 0.29) is 11.9 Å². The van der Waals surface area contributed by atoms with Crippen LogP contribution in [0.2, 0.25) is 0 Å². The third kappa shape index (κ3) is 2.54. The summed E-state index contributed by atoms with van der Waals surface area (Å²) in [5, 5.41) is 13.6. The van der Waals surface area contributed by atoms with E-state index >= 15 is 0 Å². The second-order valence-corrected chi connectivity index (χ2v) is 6.09. The van der Waals surface area contributed by atoms with Crippen LogP contribution in [-0.2, 0) is 4.79 Å². The SMILES string of the molecule is CC1C(C(=O)O)CCN1C(=O)c1ccn(C2CCCC2)n1. The van der Waals surface area contributed by atoms with Crippen LogP contribution < -0.4 is 0 Å². The summed E-state index contributed by atoms with van der Waals surface area (Å²) in [5.41, 5.74) is 0.430. The third-order valence-electron chi connectivity index (χ3n) is 4.86. The fraction of sp³-hybridized carbons (Fsp3) is 0.667. The van der Waals surface area contributed by atoms with Crippen LogP contribution >= 0.6 is 0 Å². The number of hydrogen-bond donors (Lipinski definition) is 1. The molecule has 1 aliphatic carbocycles. The molecule has 0 spiro atoms. The zero-order chi connectivity index (χ0) is 15.0. The molecule has 6 heteroatoms. The Bertz CT molecular complexity index is 548. The fourth-order valence-electron chi connectivity index (χ4n) is 3.53. The Morgan fingerprint density at radius 3 is 2.62 bits per heavy atom. The summed E-state index contributed by atoms with van der Waals surface area (Å²) in [6, 6.07) is 1.89. The number of likely N-dealkylation sites (tertiary alicyclic amines) is 1. The zero-order valence-electron chi connectivity index (χ0n) is 12.2. The molecule has 1 saturated heterocycles. The van der Waals surface area contributed by atoms with Crippen LogP contribution in [0.4, 0.5) is 0 Å². The molecule has 114 valence electrons. The highest BCUT2D eigenvalue weighted by atomic mass is 16.4. The fourth-order valence-corrected chi connectivity index (χ4v) is 3.53. The average Bonchev–Trinajstić information content (AvgIpc) is 3.18. The first-order valence-corrected chi connectivity index (χ1v) is 7.67. The van der Waals surface area contributed by atoms with Gasteiger partial charge >= 0.3 is 5.97 Å². The molecule has 2 heterocycles. The molecule has 1 aromatic rings. The lowest BCUT2D eigenvalue weighted by Crippen LogP contribution is -2.37. The molecular weight excluding hydrogens is 270 g/mol. The van der Waals surface area contributed by atoms with Crippen molar-refractivity contribution in [2.24, 2.45) is 5.92 Å². The van der Waals surface area contributed by atoms with E-state index < -0.39 is 11.9 Å². The Labute approximate surface area is 123 Å². The molecule has 1 amide bonds. The summed E-state index contributed by atoms with van der Waals surface area (Å²) in [7, 11) is 0. The maximum Gasteiger partial charge on any atom is 0.308 e. The normalized spacial score (nSPS) is 26.4. The molecule has 1 saturated carbocycles. The van der Waals surface area contributed by atoms with Gasteiger partial charge in [-0.05, 0) is 32.3 Å². The van der Waals surface area contributed by atoms with Crippen molar-refractivity contribution < 1.29 is 14.7 Å². The maximum atomic E-state index is 12.5. The first-order chi connectivity index (χ1) is 10.1. The molecule has 0 radical (unpaired) electrons. The molecule has 6 nitrogen and oxygen atoms in total. The van der Waals surface area contributed by atoms with Gasteiger partial charge in [-0.1, -0.05) is 12.8 Å². The van der Waals surface area contributed by atoms with Crippen LogP contribution in [0.3, 0.4) is 0 Å². The standard InChI is InChI=1S/C15H21N3O3/c1-10-12(15(20)21)6-8-17(10)14(19)13-7-9-18(16-13)11-4-2-3-5-11/h7,9-12H,2-6,8H2,1H3,(H,20,21). The van der Waals surface area contributed by atoms with Gasteiger partial charge in [0.2, 0.25) is 0 Å². The summed E-state index contributed by atoms with van der Waals surface area (Å²) in [5.74, 6) is -1.44. The number of carbonyl (C=O) groups is 2. The highest BCUT2D eigenvalue weighted by Gasteiger charge is 2.39. The van der Waals surface area contributed by atoms with E-state index in [0.29, 0.717) is 24.7 Å². The molecule has 2 unspecified atom stereocenters. The minimum atomic E-state index is -0.825. The molecule has 1 aromatic heterocycles. The number of aliphatic carboxylic acids is 1. The second-order valence-electron chi connectivity index (χ2n) is 6.09. The molecule has 1 N–H and O–H groups in total. The van der Waals surface area contributed by atoms with E-state index in [2.05, 4.69) is 5.10 Å². The van der Waals surface area contributed by atoms with Gasteiger partial charge in [-0.25, -0.2) is 0 Å². The van der Waals surface area contributed by atoms with Gasteiger partial charge in [-0.2, -0.15) is 5.10 Å². The molecule has 2 atom stereocenters. The lowest BCUT2D eigenvalue weighted by molar-refractivity contribution is -0.142. The lowest BCUT2D eigenvalue weighted by atomic mass is 10.0. The van der Waals surface area contributed by atoms with Crippen LogP contribution in [0, 0.1) is 5.92 Å². The summed E-state index contributed by atoms with van der Waals surface area (Å²) in [6.07, 6.45) is 7.08. The Hall–Kier alpha value is -1.85. The van der Waals surface area contributed by atoms with Gasteiger partial charge in [-0.3, -0.25) is 14.3 Å². The number of hydrogen-bond acceptors (Lipinski definition) is 3. The van der Waals surface area contributed by atoms with Crippen LogP contribution in [0.15, 0.2) is 12.3 Å². The van der Waals surface area contributed by atoms with Gasteiger partial charge < -0.3 is 10.0 Å². The Morgan fingerprint density at radius 2 is 2.00 bits per heavy atom. The largest absolute Gasteiger partial charge is 0.481 e. The lowest BCUT2D eigenvalue weighted by Gasteiger charge is -2.22. The van der Waals surface area contributed by atoms with Crippen molar-refractivity contribution in [3.63, 3.8) is 0 Å². The van der Waals surface area contributed by atoms with Crippen molar-refractivity contribution in [2.75, 3.05) is 6.54 Å². The summed E-state index contributed by atoms with van der Waals surface area (Å²) < 4.78 is 1.90. The summed E-state index contributed by atoms with van der Waals surface area (Å²) >= 11 is 0. The van der Waals surface area contributed by atoms with E-state index in [4.69, 9.17) is 5.11 Å². The number of amides is 1. The Balaban J connectivity index is 1.72. The van der Waals surface area contributed by atoms with Gasteiger partial charge in [-0.15, -0.1) is 0 Å². The van der Waals surface area contributed by atoms with Crippen LogP contribution in [0.25, 0.3) is 0 Å². The Morgan fingerprint density at radius 1 is 1.29 bits per heavy atom. The topological polar surface area (TPSA) is 75.4 Å². The summed E-state index contributed by atoms with van der Waals surface area (Å²) in [4.78, 5) is 25.3. The monoisotopic (exact) mass is 291 g/mol. The van der Waals surface area contributed by atoms with Gasteiger partial charge in [0.15, 0.2) is 0 Å². The number of aromatic nitrogens is 2. The van der Waals surface area contributed by atoms with Crippen LogP contribution in [0.1, 0.15) is 55.6 Å². The third-order valence-corrected chi connectivity index (χ3v) is 4.86. The number of carboxylic acids is 1. The van der Waals surface area contributed by atoms with Crippen LogP contribution in [-0.4, -0.2) is 44.3 Å². The quantitative estimate of drug-likeness (QED) is 0.923. The molecule has 2 fully saturated rings. The van der Waals surface area contributed by atoms with Crippen molar-refractivity contribution in [1.29, 1.82) is 0 Å². The predicted octanol–water partition coefficient (Wildman–Crippen LogP) is 1.93. The number of nitrogens with zero attached hydrogens (tertiary/aromatic N) is 3. The van der Waals surface area contributed by atoms with E-state index in [9.17, 15) is 9.59 Å². The second kappa shape index (κ2) is 5.50. The van der Waals surface area contributed by atoms with Gasteiger partial charge in [0.25, 0.3) is 5.91 Å². The van der Waals surface area contributed by atoms with Crippen molar-refractivity contribution in [3.8, 4) is 0 Å². The molecule has 21 heavy (non-hydrogen) atoms. The molecule has 2 aliphatic rings. The Kier molecular flexibility index (Phi) is 3.69. The van der Waals surface area contributed by atoms with Gasteiger partial charge in [0, 0.05) is 18.8 Å². The minimum Gasteiger partial charge on any atom is -0.481 e. The zero-order valence-corrected chi connectivity index (χ0v) is 12.2. The van der Waals surface area contributed by atoms with E-state index in [1.54, 1.807) is 17.9 Å². The molecule has 1 aliphatic heterocycles. The first kappa shape index (κ1) is 14.1. The van der Waals surface area contributed by atoms with Crippen molar-refractivity contribution in [3.05, 3.63) is 18.0 Å². The maximum absolute atomic E-state index is 12.5. The smallest absolute Gasteiger partial charge is 0.308 e. The van der Waals surface area contributed by atoms with Crippen LogP contribution in [0.5, 0.6) is 0 Å².